The maximum atomic E-state index is 12.4. The second-order valence-electron chi connectivity index (χ2n) is 4.80. The van der Waals surface area contributed by atoms with E-state index in [0.717, 1.165) is 4.90 Å². The van der Waals surface area contributed by atoms with Crippen molar-refractivity contribution in [2.75, 3.05) is 25.0 Å². The van der Waals surface area contributed by atoms with Gasteiger partial charge in [-0.25, -0.2) is 13.6 Å². The topological polar surface area (TPSA) is 61.8 Å². The highest BCUT2D eigenvalue weighted by molar-refractivity contribution is 6.33. The molecule has 0 saturated carbocycles. The third kappa shape index (κ3) is 6.03. The number of urea groups is 1. The molecule has 0 aliphatic heterocycles. The van der Waals surface area contributed by atoms with Crippen molar-refractivity contribution in [2.45, 2.75) is 26.4 Å². The Morgan fingerprint density at radius 2 is 2.14 bits per heavy atom. The second kappa shape index (κ2) is 8.75. The van der Waals surface area contributed by atoms with E-state index in [1.807, 2.05) is 13.8 Å². The molecule has 0 unspecified atom stereocenters. The van der Waals surface area contributed by atoms with Crippen LogP contribution in [0.1, 0.15) is 13.8 Å². The smallest absolute Gasteiger partial charge is 0.322 e. The summed E-state index contributed by atoms with van der Waals surface area (Å²) in [5.41, 5.74) is 0.278. The van der Waals surface area contributed by atoms with Crippen molar-refractivity contribution in [2.24, 2.45) is 0 Å². The number of carbonyl (C=O) groups is 1. The van der Waals surface area contributed by atoms with E-state index >= 15 is 0 Å². The van der Waals surface area contributed by atoms with Crippen LogP contribution in [-0.2, 0) is 0 Å². The number of nitrogens with zero attached hydrogens (tertiary/aromatic N) is 1. The van der Waals surface area contributed by atoms with Crippen molar-refractivity contribution in [3.8, 4) is 5.75 Å². The van der Waals surface area contributed by atoms with Gasteiger partial charge in [0.05, 0.1) is 30.0 Å². The largest absolute Gasteiger partial charge is 0.491 e. The number of anilines is 1. The average Bonchev–Trinajstić information content (AvgIpc) is 2.40. The molecule has 1 aromatic rings. The van der Waals surface area contributed by atoms with Gasteiger partial charge in [-0.1, -0.05) is 11.6 Å². The monoisotopic (exact) mass is 336 g/mol. The number of halogens is 3. The van der Waals surface area contributed by atoms with Crippen LogP contribution in [0.15, 0.2) is 18.2 Å². The van der Waals surface area contributed by atoms with Gasteiger partial charge in [0, 0.05) is 12.6 Å². The number of nitrogens with one attached hydrogen (secondary N) is 1. The van der Waals surface area contributed by atoms with Crippen molar-refractivity contribution in [1.82, 2.24) is 4.90 Å². The Kier molecular flexibility index (Phi) is 7.34. The fourth-order valence-electron chi connectivity index (χ4n) is 1.70. The summed E-state index contributed by atoms with van der Waals surface area (Å²) in [5.74, 6) is 0.540. The Balaban J connectivity index is 2.77. The van der Waals surface area contributed by atoms with E-state index in [2.05, 4.69) is 5.32 Å². The Morgan fingerprint density at radius 1 is 1.45 bits per heavy atom. The number of hydrogen-bond acceptors (Lipinski definition) is 3. The summed E-state index contributed by atoms with van der Waals surface area (Å²) in [6.07, 6.45) is -2.71. The number of aliphatic hydroxyl groups excluding tert-OH is 1. The van der Waals surface area contributed by atoms with Crippen LogP contribution in [0.25, 0.3) is 0 Å². The fourth-order valence-corrected chi connectivity index (χ4v) is 1.92. The molecule has 0 radical (unpaired) electrons. The van der Waals surface area contributed by atoms with Gasteiger partial charge in [-0.3, -0.25) is 0 Å². The van der Waals surface area contributed by atoms with Gasteiger partial charge in [-0.05, 0) is 26.0 Å². The van der Waals surface area contributed by atoms with Crippen LogP contribution in [0.5, 0.6) is 5.75 Å². The molecule has 0 aromatic heterocycles. The third-order valence-electron chi connectivity index (χ3n) is 2.57. The van der Waals surface area contributed by atoms with E-state index in [1.165, 1.54) is 12.1 Å². The standard InChI is InChI=1S/C14H19ClF2N2O3/c1-9(2)22-10-3-4-12(11(15)7-10)18-14(21)19(5-6-20)8-13(16)17/h3-4,7,9,13,20H,5-6,8H2,1-2H3,(H,18,21). The molecule has 0 heterocycles. The number of ether oxygens (including phenoxy) is 1. The Labute approximate surface area is 132 Å². The lowest BCUT2D eigenvalue weighted by Crippen LogP contribution is -2.40. The van der Waals surface area contributed by atoms with Crippen LogP contribution in [0.2, 0.25) is 5.02 Å². The van der Waals surface area contributed by atoms with Crippen LogP contribution < -0.4 is 10.1 Å². The van der Waals surface area contributed by atoms with Crippen LogP contribution in [0.3, 0.4) is 0 Å². The molecule has 1 rings (SSSR count). The molecular formula is C14H19ClF2N2O3. The van der Waals surface area contributed by atoms with Gasteiger partial charge in [0.2, 0.25) is 0 Å². The molecule has 0 fully saturated rings. The van der Waals surface area contributed by atoms with Gasteiger partial charge >= 0.3 is 6.03 Å². The predicted molar refractivity (Wildman–Crippen MR) is 80.9 cm³/mol. The average molecular weight is 337 g/mol. The van der Waals surface area contributed by atoms with Gasteiger partial charge in [-0.15, -0.1) is 0 Å². The molecular weight excluding hydrogens is 318 g/mol. The lowest BCUT2D eigenvalue weighted by atomic mass is 10.3. The number of carbonyl (C=O) groups excluding carboxylic acids is 1. The minimum atomic E-state index is -2.69. The van der Waals surface area contributed by atoms with E-state index in [0.29, 0.717) is 5.75 Å². The zero-order valence-corrected chi connectivity index (χ0v) is 13.1. The van der Waals surface area contributed by atoms with Gasteiger partial charge in [-0.2, -0.15) is 0 Å². The normalized spacial score (nSPS) is 10.9. The molecule has 22 heavy (non-hydrogen) atoms. The SMILES string of the molecule is CC(C)Oc1ccc(NC(=O)N(CCO)CC(F)F)c(Cl)c1. The summed E-state index contributed by atoms with van der Waals surface area (Å²) < 4.78 is 30.3. The zero-order chi connectivity index (χ0) is 16.7. The summed E-state index contributed by atoms with van der Waals surface area (Å²) >= 11 is 6.03. The number of aliphatic hydroxyl groups is 1. The number of amides is 2. The quantitative estimate of drug-likeness (QED) is 0.803. The summed E-state index contributed by atoms with van der Waals surface area (Å²) in [6.45, 7) is 2.36. The highest BCUT2D eigenvalue weighted by Gasteiger charge is 2.18. The maximum absolute atomic E-state index is 12.4. The minimum Gasteiger partial charge on any atom is -0.491 e. The maximum Gasteiger partial charge on any atom is 0.322 e. The first kappa shape index (κ1) is 18.4. The Hall–Kier alpha value is -1.60. The number of rotatable bonds is 7. The van der Waals surface area contributed by atoms with Crippen molar-refractivity contribution in [1.29, 1.82) is 0 Å². The second-order valence-corrected chi connectivity index (χ2v) is 5.21. The van der Waals surface area contributed by atoms with Crippen LogP contribution in [-0.4, -0.2) is 48.3 Å². The molecule has 2 amide bonds. The fraction of sp³-hybridized carbons (Fsp3) is 0.500. The first-order chi connectivity index (χ1) is 10.3. The first-order valence-corrected chi connectivity index (χ1v) is 7.12. The molecule has 5 nitrogen and oxygen atoms in total. The zero-order valence-electron chi connectivity index (χ0n) is 12.4. The Bertz CT molecular complexity index is 501. The summed E-state index contributed by atoms with van der Waals surface area (Å²) in [4.78, 5) is 12.8. The molecule has 8 heteroatoms. The van der Waals surface area contributed by atoms with E-state index in [1.54, 1.807) is 6.07 Å². The summed E-state index contributed by atoms with van der Waals surface area (Å²) in [5, 5.41) is 11.5. The highest BCUT2D eigenvalue weighted by atomic mass is 35.5. The van der Waals surface area contributed by atoms with E-state index < -0.39 is 25.6 Å². The number of benzene rings is 1. The third-order valence-corrected chi connectivity index (χ3v) is 2.88. The number of hydrogen-bond donors (Lipinski definition) is 2. The molecule has 2 N–H and O–H groups in total. The van der Waals surface area contributed by atoms with Crippen molar-refractivity contribution in [3.63, 3.8) is 0 Å². The van der Waals surface area contributed by atoms with Gasteiger partial charge < -0.3 is 20.1 Å². The summed E-state index contributed by atoms with van der Waals surface area (Å²) in [7, 11) is 0. The highest BCUT2D eigenvalue weighted by Crippen LogP contribution is 2.27. The molecule has 0 atom stereocenters. The molecule has 0 bridgehead atoms. The van der Waals surface area contributed by atoms with Gasteiger partial charge in [0.25, 0.3) is 6.43 Å². The number of alkyl halides is 2. The summed E-state index contributed by atoms with van der Waals surface area (Å²) in [6, 6.07) is 3.91. The van der Waals surface area contributed by atoms with Gasteiger partial charge in [0.1, 0.15) is 5.75 Å². The molecule has 0 aliphatic carbocycles. The lowest BCUT2D eigenvalue weighted by molar-refractivity contribution is 0.0943. The van der Waals surface area contributed by atoms with Crippen LogP contribution in [0, 0.1) is 0 Å². The van der Waals surface area contributed by atoms with Crippen LogP contribution >= 0.6 is 11.6 Å². The van der Waals surface area contributed by atoms with E-state index in [9.17, 15) is 13.6 Å². The molecule has 0 spiro atoms. The Morgan fingerprint density at radius 3 is 2.64 bits per heavy atom. The van der Waals surface area contributed by atoms with E-state index in [4.69, 9.17) is 21.4 Å². The van der Waals surface area contributed by atoms with Crippen molar-refractivity contribution in [3.05, 3.63) is 23.2 Å². The minimum absolute atomic E-state index is 0.0254. The molecule has 0 saturated heterocycles. The molecule has 0 aliphatic rings. The van der Waals surface area contributed by atoms with Crippen molar-refractivity contribution >= 4 is 23.3 Å². The molecule has 1 aromatic carbocycles. The van der Waals surface area contributed by atoms with Crippen LogP contribution in [0.4, 0.5) is 19.3 Å². The van der Waals surface area contributed by atoms with Gasteiger partial charge in [0.15, 0.2) is 0 Å². The predicted octanol–water partition coefficient (Wildman–Crippen LogP) is 3.22. The first-order valence-electron chi connectivity index (χ1n) is 6.74. The molecule has 124 valence electrons. The van der Waals surface area contributed by atoms with E-state index in [-0.39, 0.29) is 23.4 Å². The lowest BCUT2D eigenvalue weighted by Gasteiger charge is -2.22. The van der Waals surface area contributed by atoms with Crippen molar-refractivity contribution < 1.29 is 23.4 Å².